The molecule has 2 aromatic heterocycles. The van der Waals surface area contributed by atoms with Crippen LogP contribution in [-0.2, 0) is 6.42 Å². The molecule has 2 heteroatoms. The first-order valence-corrected chi connectivity index (χ1v) is 7.32. The van der Waals surface area contributed by atoms with Gasteiger partial charge in [-0.1, -0.05) is 38.7 Å². The summed E-state index contributed by atoms with van der Waals surface area (Å²) >= 11 is 0. The lowest BCUT2D eigenvalue weighted by molar-refractivity contribution is -0.595. The Morgan fingerprint density at radius 3 is 2.58 bits per heavy atom. The molecule has 0 radical (unpaired) electrons. The number of pyridine rings is 2. The van der Waals surface area contributed by atoms with Crippen LogP contribution in [0.15, 0.2) is 48.9 Å². The first-order chi connectivity index (χ1) is 9.40. The quantitative estimate of drug-likeness (QED) is 0.542. The number of aryl methyl sites for hydroxylation is 1. The fourth-order valence-electron chi connectivity index (χ4n) is 2.24. The molecule has 100 valence electrons. The molecule has 0 amide bonds. The van der Waals surface area contributed by atoms with Gasteiger partial charge in [-0.3, -0.25) is 4.98 Å². The molecule has 0 atom stereocenters. The van der Waals surface area contributed by atoms with Gasteiger partial charge < -0.3 is 0 Å². The molecule has 0 spiro atoms. The third kappa shape index (κ3) is 4.47. The van der Waals surface area contributed by atoms with Gasteiger partial charge in [-0.25, -0.2) is 0 Å². The van der Waals surface area contributed by atoms with E-state index in [0.29, 0.717) is 0 Å². The van der Waals surface area contributed by atoms with E-state index in [1.54, 1.807) is 0 Å². The highest BCUT2D eigenvalue weighted by molar-refractivity contribution is 5.23. The molecule has 0 bridgehead atoms. The second kappa shape index (κ2) is 7.67. The van der Waals surface area contributed by atoms with Gasteiger partial charge in [0, 0.05) is 36.2 Å². The maximum absolute atomic E-state index is 4.47. The first-order valence-electron chi connectivity index (χ1n) is 7.32. The number of hydrogen-bond donors (Lipinski definition) is 0. The Bertz CT molecular complexity index is 480. The fraction of sp³-hybridized carbons (Fsp3) is 0.412. The Labute approximate surface area is 116 Å². The fourth-order valence-corrected chi connectivity index (χ4v) is 2.24. The normalized spacial score (nSPS) is 10.6. The highest BCUT2D eigenvalue weighted by Gasteiger charge is 2.05. The maximum Gasteiger partial charge on any atom is 0.213 e. The Morgan fingerprint density at radius 1 is 1.00 bits per heavy atom. The van der Waals surface area contributed by atoms with Crippen LogP contribution in [0.4, 0.5) is 0 Å². The minimum atomic E-state index is 1.09. The van der Waals surface area contributed by atoms with E-state index in [2.05, 4.69) is 41.0 Å². The molecule has 0 aromatic carbocycles. The summed E-state index contributed by atoms with van der Waals surface area (Å²) in [6.45, 7) is 2.25. The van der Waals surface area contributed by atoms with Crippen LogP contribution in [0.1, 0.15) is 44.7 Å². The SMILES string of the molecule is CCCCCCCc1cc(-[n+]2ccccc2)ccn1. The van der Waals surface area contributed by atoms with Crippen LogP contribution in [0.5, 0.6) is 0 Å². The highest BCUT2D eigenvalue weighted by Crippen LogP contribution is 2.08. The Hall–Kier alpha value is -1.70. The van der Waals surface area contributed by atoms with Crippen LogP contribution in [0, 0.1) is 0 Å². The lowest BCUT2D eigenvalue weighted by atomic mass is 10.1. The van der Waals surface area contributed by atoms with Gasteiger partial charge in [-0.2, -0.15) is 4.57 Å². The van der Waals surface area contributed by atoms with Crippen molar-refractivity contribution in [2.24, 2.45) is 0 Å². The van der Waals surface area contributed by atoms with E-state index in [4.69, 9.17) is 0 Å². The number of rotatable bonds is 7. The smallest absolute Gasteiger partial charge is 0.213 e. The zero-order chi connectivity index (χ0) is 13.3. The van der Waals surface area contributed by atoms with Gasteiger partial charge in [0.05, 0.1) is 0 Å². The zero-order valence-electron chi connectivity index (χ0n) is 11.8. The van der Waals surface area contributed by atoms with Gasteiger partial charge in [0.15, 0.2) is 12.4 Å². The van der Waals surface area contributed by atoms with E-state index in [1.807, 2.05) is 24.4 Å². The zero-order valence-corrected chi connectivity index (χ0v) is 11.8. The largest absolute Gasteiger partial charge is 0.261 e. The first kappa shape index (κ1) is 13.7. The van der Waals surface area contributed by atoms with Gasteiger partial charge in [0.25, 0.3) is 0 Å². The minimum absolute atomic E-state index is 1.09. The molecule has 2 rings (SSSR count). The van der Waals surface area contributed by atoms with Gasteiger partial charge in [0.2, 0.25) is 5.69 Å². The van der Waals surface area contributed by atoms with Crippen molar-refractivity contribution >= 4 is 0 Å². The molecule has 19 heavy (non-hydrogen) atoms. The molecule has 0 saturated carbocycles. The van der Waals surface area contributed by atoms with E-state index < -0.39 is 0 Å². The summed E-state index contributed by atoms with van der Waals surface area (Å²) in [5.74, 6) is 0. The molecule has 2 heterocycles. The summed E-state index contributed by atoms with van der Waals surface area (Å²) in [6.07, 6.45) is 13.7. The lowest BCUT2D eigenvalue weighted by Crippen LogP contribution is -2.29. The van der Waals surface area contributed by atoms with Gasteiger partial charge in [-0.15, -0.1) is 0 Å². The summed E-state index contributed by atoms with van der Waals surface area (Å²) in [5.41, 5.74) is 2.39. The lowest BCUT2D eigenvalue weighted by Gasteiger charge is -2.01. The molecule has 0 unspecified atom stereocenters. The predicted molar refractivity (Wildman–Crippen MR) is 78.2 cm³/mol. The molecule has 0 aliphatic carbocycles. The van der Waals surface area contributed by atoms with E-state index in [1.165, 1.54) is 43.5 Å². The van der Waals surface area contributed by atoms with Gasteiger partial charge in [0.1, 0.15) is 0 Å². The van der Waals surface area contributed by atoms with Crippen molar-refractivity contribution in [3.8, 4) is 5.69 Å². The summed E-state index contributed by atoms with van der Waals surface area (Å²) in [6, 6.07) is 10.4. The van der Waals surface area contributed by atoms with Crippen molar-refractivity contribution in [1.29, 1.82) is 0 Å². The monoisotopic (exact) mass is 255 g/mol. The van der Waals surface area contributed by atoms with E-state index in [-0.39, 0.29) is 0 Å². The van der Waals surface area contributed by atoms with E-state index in [9.17, 15) is 0 Å². The van der Waals surface area contributed by atoms with Crippen molar-refractivity contribution in [1.82, 2.24) is 4.98 Å². The van der Waals surface area contributed by atoms with Crippen molar-refractivity contribution in [2.45, 2.75) is 45.4 Å². The van der Waals surface area contributed by atoms with Crippen LogP contribution in [0.25, 0.3) is 5.69 Å². The molecule has 0 aliphatic heterocycles. The molecule has 2 aromatic rings. The van der Waals surface area contributed by atoms with E-state index >= 15 is 0 Å². The molecular formula is C17H23N2+. The number of nitrogens with zero attached hydrogens (tertiary/aromatic N) is 2. The third-order valence-corrected chi connectivity index (χ3v) is 3.35. The Balaban J connectivity index is 1.92. The predicted octanol–water partition coefficient (Wildman–Crippen LogP) is 3.87. The molecule has 0 fully saturated rings. The molecular weight excluding hydrogens is 232 g/mol. The average Bonchev–Trinajstić information content (AvgIpc) is 2.48. The van der Waals surface area contributed by atoms with Gasteiger partial charge in [-0.05, 0) is 12.8 Å². The van der Waals surface area contributed by atoms with Crippen LogP contribution in [0.3, 0.4) is 0 Å². The number of unbranched alkanes of at least 4 members (excludes halogenated alkanes) is 4. The highest BCUT2D eigenvalue weighted by atomic mass is 14.9. The summed E-state index contributed by atoms with van der Waals surface area (Å²) in [4.78, 5) is 4.47. The van der Waals surface area contributed by atoms with Crippen molar-refractivity contribution < 1.29 is 4.57 Å². The summed E-state index contributed by atoms with van der Waals surface area (Å²) < 4.78 is 2.13. The summed E-state index contributed by atoms with van der Waals surface area (Å²) in [5, 5.41) is 0. The van der Waals surface area contributed by atoms with Crippen molar-refractivity contribution in [3.63, 3.8) is 0 Å². The number of hydrogen-bond acceptors (Lipinski definition) is 1. The van der Waals surface area contributed by atoms with Crippen LogP contribution < -0.4 is 4.57 Å². The average molecular weight is 255 g/mol. The Kier molecular flexibility index (Phi) is 5.54. The maximum atomic E-state index is 4.47. The standard InChI is InChI=1S/C17H23N2/c1-2-3-4-5-7-10-16-15-17(11-12-18-16)19-13-8-6-9-14-19/h6,8-9,11-15H,2-5,7,10H2,1H3/q+1. The second-order valence-corrected chi connectivity index (χ2v) is 4.95. The van der Waals surface area contributed by atoms with Crippen LogP contribution >= 0.6 is 0 Å². The molecule has 2 nitrogen and oxygen atoms in total. The third-order valence-electron chi connectivity index (χ3n) is 3.35. The number of aromatic nitrogens is 2. The van der Waals surface area contributed by atoms with Crippen molar-refractivity contribution in [3.05, 3.63) is 54.6 Å². The summed E-state index contributed by atoms with van der Waals surface area (Å²) in [7, 11) is 0. The molecule has 0 saturated heterocycles. The van der Waals surface area contributed by atoms with Crippen LogP contribution in [0.2, 0.25) is 0 Å². The topological polar surface area (TPSA) is 16.8 Å². The molecule has 0 N–H and O–H groups in total. The van der Waals surface area contributed by atoms with E-state index in [0.717, 1.165) is 6.42 Å². The van der Waals surface area contributed by atoms with Crippen LogP contribution in [-0.4, -0.2) is 4.98 Å². The second-order valence-electron chi connectivity index (χ2n) is 4.95. The molecule has 0 aliphatic rings. The minimum Gasteiger partial charge on any atom is -0.261 e. The Morgan fingerprint density at radius 2 is 1.79 bits per heavy atom. The van der Waals surface area contributed by atoms with Gasteiger partial charge >= 0.3 is 0 Å². The van der Waals surface area contributed by atoms with Crippen molar-refractivity contribution in [2.75, 3.05) is 0 Å².